The van der Waals surface area contributed by atoms with Crippen molar-refractivity contribution in [1.82, 2.24) is 14.4 Å². The predicted octanol–water partition coefficient (Wildman–Crippen LogP) is 4.38. The van der Waals surface area contributed by atoms with Gasteiger partial charge in [-0.3, -0.25) is 9.38 Å². The van der Waals surface area contributed by atoms with Crippen LogP contribution in [0, 0.1) is 0 Å². The minimum atomic E-state index is 0.919. The molecule has 0 bridgehead atoms. The number of hydrogen-bond acceptors (Lipinski definition) is 3. The van der Waals surface area contributed by atoms with E-state index < -0.39 is 0 Å². The Morgan fingerprint density at radius 1 is 1.00 bits per heavy atom. The third-order valence-corrected chi connectivity index (χ3v) is 4.40. The van der Waals surface area contributed by atoms with Crippen LogP contribution in [0.2, 0.25) is 0 Å². The Hall–Kier alpha value is -2.40. The summed E-state index contributed by atoms with van der Waals surface area (Å²) in [5.41, 5.74) is 6.09. The monoisotopic (exact) mass is 366 g/mol. The molecule has 0 saturated carbocycles. The van der Waals surface area contributed by atoms with Crippen LogP contribution in [-0.2, 0) is 0 Å². The topological polar surface area (TPSA) is 33.4 Å². The van der Waals surface area contributed by atoms with Crippen molar-refractivity contribution in [2.24, 2.45) is 0 Å². The number of nitrogens with zero attached hydrogens (tertiary/aromatic N) is 4. The van der Waals surface area contributed by atoms with E-state index in [0.29, 0.717) is 0 Å². The van der Waals surface area contributed by atoms with Gasteiger partial charge in [-0.05, 0) is 46.3 Å². The van der Waals surface area contributed by atoms with Gasteiger partial charge in [0.2, 0.25) is 0 Å². The average Bonchev–Trinajstić information content (AvgIpc) is 2.93. The van der Waals surface area contributed by atoms with Crippen LogP contribution in [0.15, 0.2) is 59.3 Å². The molecule has 4 aromatic rings. The van der Waals surface area contributed by atoms with Crippen molar-refractivity contribution in [2.45, 2.75) is 0 Å². The Morgan fingerprint density at radius 3 is 2.52 bits per heavy atom. The number of hydrogen-bond donors (Lipinski definition) is 0. The molecular formula is C18H15BrN4. The first kappa shape index (κ1) is 14.2. The zero-order chi connectivity index (χ0) is 16.0. The maximum Gasteiger partial charge on any atom is 0.138 e. The number of halogens is 1. The van der Waals surface area contributed by atoms with Gasteiger partial charge in [0.05, 0.1) is 16.7 Å². The quantitative estimate of drug-likeness (QED) is 0.527. The molecule has 23 heavy (non-hydrogen) atoms. The van der Waals surface area contributed by atoms with Crippen molar-refractivity contribution < 1.29 is 0 Å². The van der Waals surface area contributed by atoms with Crippen molar-refractivity contribution >= 4 is 38.3 Å². The Bertz CT molecular complexity index is 1000. The highest BCUT2D eigenvalue weighted by Gasteiger charge is 2.12. The second kappa shape index (κ2) is 5.35. The minimum Gasteiger partial charge on any atom is -0.378 e. The van der Waals surface area contributed by atoms with Gasteiger partial charge in [-0.1, -0.05) is 12.1 Å². The molecule has 0 aliphatic carbocycles. The van der Waals surface area contributed by atoms with E-state index >= 15 is 0 Å². The van der Waals surface area contributed by atoms with E-state index in [9.17, 15) is 0 Å². The van der Waals surface area contributed by atoms with Crippen LogP contribution in [0.4, 0.5) is 5.69 Å². The van der Waals surface area contributed by atoms with Gasteiger partial charge in [-0.25, -0.2) is 4.98 Å². The Kier molecular flexibility index (Phi) is 3.31. The largest absolute Gasteiger partial charge is 0.378 e. The molecular weight excluding hydrogens is 352 g/mol. The molecule has 0 amide bonds. The van der Waals surface area contributed by atoms with Gasteiger partial charge < -0.3 is 4.90 Å². The van der Waals surface area contributed by atoms with Crippen LogP contribution < -0.4 is 4.90 Å². The highest BCUT2D eigenvalue weighted by molar-refractivity contribution is 9.10. The van der Waals surface area contributed by atoms with Crippen molar-refractivity contribution in [2.75, 3.05) is 19.0 Å². The minimum absolute atomic E-state index is 0.919. The number of benzene rings is 1. The fraction of sp³-hybridized carbons (Fsp3) is 0.111. The Morgan fingerprint density at radius 2 is 1.78 bits per heavy atom. The summed E-state index contributed by atoms with van der Waals surface area (Å²) in [5, 5.41) is 0. The average molecular weight is 367 g/mol. The fourth-order valence-electron chi connectivity index (χ4n) is 2.76. The molecule has 114 valence electrons. The van der Waals surface area contributed by atoms with Gasteiger partial charge in [0, 0.05) is 42.2 Å². The van der Waals surface area contributed by atoms with Gasteiger partial charge in [0.15, 0.2) is 0 Å². The summed E-state index contributed by atoms with van der Waals surface area (Å²) in [6.07, 6.45) is 3.85. The molecule has 0 N–H and O–H groups in total. The molecule has 3 aromatic heterocycles. The number of pyridine rings is 2. The normalized spacial score (nSPS) is 11.3. The number of rotatable bonds is 2. The zero-order valence-corrected chi connectivity index (χ0v) is 14.4. The van der Waals surface area contributed by atoms with Gasteiger partial charge in [-0.2, -0.15) is 0 Å². The molecule has 4 rings (SSSR count). The molecule has 0 spiro atoms. The summed E-state index contributed by atoms with van der Waals surface area (Å²) < 4.78 is 3.10. The maximum absolute atomic E-state index is 4.68. The van der Waals surface area contributed by atoms with E-state index in [0.717, 1.165) is 32.4 Å². The van der Waals surface area contributed by atoms with Crippen LogP contribution in [0.5, 0.6) is 0 Å². The molecule has 3 heterocycles. The highest BCUT2D eigenvalue weighted by atomic mass is 79.9. The van der Waals surface area contributed by atoms with E-state index in [4.69, 9.17) is 0 Å². The van der Waals surface area contributed by atoms with Gasteiger partial charge >= 0.3 is 0 Å². The van der Waals surface area contributed by atoms with Crippen molar-refractivity contribution in [3.63, 3.8) is 0 Å². The van der Waals surface area contributed by atoms with Crippen LogP contribution in [0.25, 0.3) is 27.9 Å². The van der Waals surface area contributed by atoms with Crippen LogP contribution in [0.1, 0.15) is 0 Å². The van der Waals surface area contributed by atoms with Gasteiger partial charge in [-0.15, -0.1) is 0 Å². The molecule has 5 heteroatoms. The first-order chi connectivity index (χ1) is 11.1. The molecule has 0 radical (unpaired) electrons. The lowest BCUT2D eigenvalue weighted by molar-refractivity contribution is 1.13. The molecule has 0 aliphatic heterocycles. The number of imidazole rings is 1. The lowest BCUT2D eigenvalue weighted by atomic mass is 10.1. The molecule has 0 saturated heterocycles. The summed E-state index contributed by atoms with van der Waals surface area (Å²) in [6, 6.07) is 14.4. The molecule has 0 aliphatic rings. The van der Waals surface area contributed by atoms with Crippen LogP contribution >= 0.6 is 15.9 Å². The van der Waals surface area contributed by atoms with Gasteiger partial charge in [0.1, 0.15) is 5.65 Å². The molecule has 0 unspecified atom stereocenters. The van der Waals surface area contributed by atoms with E-state index in [-0.39, 0.29) is 0 Å². The summed E-state index contributed by atoms with van der Waals surface area (Å²) in [5.74, 6) is 0. The summed E-state index contributed by atoms with van der Waals surface area (Å²) in [6.45, 7) is 0. The van der Waals surface area contributed by atoms with Crippen molar-refractivity contribution in [3.8, 4) is 11.3 Å². The third kappa shape index (κ3) is 2.37. The van der Waals surface area contributed by atoms with E-state index in [1.807, 2.05) is 44.7 Å². The maximum atomic E-state index is 4.68. The summed E-state index contributed by atoms with van der Waals surface area (Å²) in [7, 11) is 4.08. The number of fused-ring (bicyclic) bond motifs is 3. The highest BCUT2D eigenvalue weighted by Crippen LogP contribution is 2.29. The molecule has 0 fully saturated rings. The van der Waals surface area contributed by atoms with Crippen LogP contribution in [0.3, 0.4) is 0 Å². The lowest BCUT2D eigenvalue weighted by Crippen LogP contribution is -2.07. The molecule has 1 aromatic carbocycles. The zero-order valence-electron chi connectivity index (χ0n) is 12.9. The second-order valence-electron chi connectivity index (χ2n) is 5.66. The van der Waals surface area contributed by atoms with Crippen molar-refractivity contribution in [3.05, 3.63) is 59.3 Å². The first-order valence-corrected chi connectivity index (χ1v) is 8.13. The van der Waals surface area contributed by atoms with Crippen LogP contribution in [-0.4, -0.2) is 28.5 Å². The van der Waals surface area contributed by atoms with E-state index in [1.54, 1.807) is 0 Å². The number of aromatic nitrogens is 3. The number of anilines is 1. The second-order valence-corrected chi connectivity index (χ2v) is 6.57. The fourth-order valence-corrected chi connectivity index (χ4v) is 3.10. The summed E-state index contributed by atoms with van der Waals surface area (Å²) in [4.78, 5) is 11.4. The molecule has 0 atom stereocenters. The standard InChI is InChI=1S/C18H15BrN4/c1-22(2)14-6-3-12(4-7-14)17-18-15(9-10-20-17)21-16-8-5-13(19)11-23(16)18/h3-11H,1-2H3. The van der Waals surface area contributed by atoms with Gasteiger partial charge in [0.25, 0.3) is 0 Å². The Labute approximate surface area is 142 Å². The first-order valence-electron chi connectivity index (χ1n) is 7.33. The lowest BCUT2D eigenvalue weighted by Gasteiger charge is -2.12. The predicted molar refractivity (Wildman–Crippen MR) is 98.0 cm³/mol. The van der Waals surface area contributed by atoms with E-state index in [1.165, 1.54) is 5.69 Å². The Balaban J connectivity index is 1.99. The molecule has 4 nitrogen and oxygen atoms in total. The third-order valence-electron chi connectivity index (χ3n) is 3.93. The SMILES string of the molecule is CN(C)c1ccc(-c2nccc3nc4ccc(Br)cn4c23)cc1. The van der Waals surface area contributed by atoms with E-state index in [2.05, 4.69) is 59.5 Å². The smallest absolute Gasteiger partial charge is 0.138 e. The van der Waals surface area contributed by atoms with Crippen molar-refractivity contribution in [1.29, 1.82) is 0 Å². The summed E-state index contributed by atoms with van der Waals surface area (Å²) >= 11 is 3.53.